The average molecular weight is 617 g/mol. The van der Waals surface area contributed by atoms with Crippen LogP contribution in [0.1, 0.15) is 40.5 Å². The normalized spacial score (nSPS) is 24.3. The van der Waals surface area contributed by atoms with Gasteiger partial charge in [-0.05, 0) is 69.6 Å². The van der Waals surface area contributed by atoms with Gasteiger partial charge < -0.3 is 24.0 Å². The first-order valence-corrected chi connectivity index (χ1v) is 13.9. The average Bonchev–Trinajstić information content (AvgIpc) is 3.41. The minimum absolute atomic E-state index is 0.0800. The molecule has 0 bridgehead atoms. The molecular formula is C26H36BrClFN5O4. The minimum atomic E-state index is -0.589. The quantitative estimate of drug-likeness (QED) is 0.414. The van der Waals surface area contributed by atoms with Crippen LogP contribution in [0.15, 0.2) is 10.5 Å². The van der Waals surface area contributed by atoms with Crippen LogP contribution >= 0.6 is 27.5 Å². The highest BCUT2D eigenvalue weighted by atomic mass is 79.9. The van der Waals surface area contributed by atoms with Crippen molar-refractivity contribution >= 4 is 50.3 Å². The number of hydrogen-bond donors (Lipinski definition) is 0. The Bertz CT molecular complexity index is 1200. The van der Waals surface area contributed by atoms with Crippen molar-refractivity contribution in [2.75, 3.05) is 45.8 Å². The van der Waals surface area contributed by atoms with Gasteiger partial charge in [0.2, 0.25) is 0 Å². The van der Waals surface area contributed by atoms with Gasteiger partial charge in [-0.2, -0.15) is 9.97 Å². The number of aromatic nitrogens is 2. The predicted molar refractivity (Wildman–Crippen MR) is 149 cm³/mol. The fourth-order valence-corrected chi connectivity index (χ4v) is 5.71. The molecule has 9 nitrogen and oxygen atoms in total. The summed E-state index contributed by atoms with van der Waals surface area (Å²) in [6.45, 7) is 9.20. The number of ether oxygens (including phenoxy) is 3. The molecule has 3 heterocycles. The Morgan fingerprint density at radius 2 is 2.05 bits per heavy atom. The molecule has 2 aromatic rings. The van der Waals surface area contributed by atoms with Crippen LogP contribution in [0.3, 0.4) is 0 Å². The topological polar surface area (TPSA) is 80.3 Å². The number of rotatable bonds is 6. The maximum atomic E-state index is 15.4. The van der Waals surface area contributed by atoms with E-state index in [2.05, 4.69) is 25.8 Å². The van der Waals surface area contributed by atoms with Crippen LogP contribution in [0.2, 0.25) is 5.02 Å². The van der Waals surface area contributed by atoms with Crippen molar-refractivity contribution in [2.24, 2.45) is 0 Å². The summed E-state index contributed by atoms with van der Waals surface area (Å²) < 4.78 is 32.6. The monoisotopic (exact) mass is 615 g/mol. The Labute approximate surface area is 236 Å². The molecule has 2 aliphatic heterocycles. The number of carbonyl (C=O) groups is 1. The van der Waals surface area contributed by atoms with Gasteiger partial charge in [-0.25, -0.2) is 9.18 Å². The van der Waals surface area contributed by atoms with E-state index in [0.29, 0.717) is 30.8 Å². The van der Waals surface area contributed by atoms with Gasteiger partial charge in [0, 0.05) is 38.7 Å². The first kappa shape index (κ1) is 29.0. The number of fused-ring (bicyclic) bond motifs is 1. The zero-order chi connectivity index (χ0) is 27.9. The first-order valence-electron chi connectivity index (χ1n) is 12.7. The molecule has 0 N–H and O–H groups in total. The smallest absolute Gasteiger partial charge is 0.410 e. The Morgan fingerprint density at radius 1 is 1.34 bits per heavy atom. The van der Waals surface area contributed by atoms with E-state index < -0.39 is 11.4 Å². The number of carbonyl (C=O) groups excluding carboxylic acids is 1. The summed E-state index contributed by atoms with van der Waals surface area (Å²) in [4.78, 5) is 27.8. The van der Waals surface area contributed by atoms with Crippen molar-refractivity contribution in [1.29, 1.82) is 0 Å². The van der Waals surface area contributed by atoms with Gasteiger partial charge in [-0.15, -0.1) is 0 Å². The van der Waals surface area contributed by atoms with Crippen LogP contribution in [0.5, 0.6) is 6.01 Å². The van der Waals surface area contributed by atoms with Gasteiger partial charge in [0.1, 0.15) is 23.5 Å². The second kappa shape index (κ2) is 11.3. The zero-order valence-corrected chi connectivity index (χ0v) is 25.3. The first-order chi connectivity index (χ1) is 17.8. The van der Waals surface area contributed by atoms with E-state index in [9.17, 15) is 4.79 Å². The fourth-order valence-electron chi connectivity index (χ4n) is 5.21. The van der Waals surface area contributed by atoms with E-state index in [1.165, 1.54) is 0 Å². The second-order valence-corrected chi connectivity index (χ2v) is 12.3. The van der Waals surface area contributed by atoms with Crippen LogP contribution in [0, 0.1) is 5.82 Å². The molecule has 0 unspecified atom stereocenters. The van der Waals surface area contributed by atoms with Crippen LogP contribution in [-0.4, -0.2) is 96.6 Å². The zero-order valence-electron chi connectivity index (χ0n) is 22.9. The van der Waals surface area contributed by atoms with Gasteiger partial charge in [0.25, 0.3) is 0 Å². The van der Waals surface area contributed by atoms with E-state index in [1.54, 1.807) is 18.1 Å². The molecule has 0 saturated carbocycles. The predicted octanol–water partition coefficient (Wildman–Crippen LogP) is 5.12. The summed E-state index contributed by atoms with van der Waals surface area (Å²) >= 11 is 9.56. The number of amides is 1. The summed E-state index contributed by atoms with van der Waals surface area (Å²) in [6, 6.07) is 1.59. The molecule has 38 heavy (non-hydrogen) atoms. The summed E-state index contributed by atoms with van der Waals surface area (Å²) in [6.07, 6.45) is 1.30. The number of benzene rings is 1. The third kappa shape index (κ3) is 5.95. The van der Waals surface area contributed by atoms with Gasteiger partial charge in [0.05, 0.1) is 27.7 Å². The molecular weight excluding hydrogens is 581 g/mol. The molecule has 2 saturated heterocycles. The SMILES string of the molecule is CO[C@@H]1C[C@@H](COc2nc(N(C)[C@@H]3CCN(C(=O)OC(C)(C)C)[C@@H]3C)c3cc(Cl)c(Br)c(F)c3n2)N(C)C1. The van der Waals surface area contributed by atoms with Crippen molar-refractivity contribution in [1.82, 2.24) is 19.8 Å². The number of nitrogens with zero attached hydrogens (tertiary/aromatic N) is 5. The van der Waals surface area contributed by atoms with Crippen LogP contribution in [0.4, 0.5) is 15.0 Å². The maximum absolute atomic E-state index is 15.4. The van der Waals surface area contributed by atoms with E-state index in [-0.39, 0.29) is 51.3 Å². The third-order valence-corrected chi connectivity index (χ3v) is 8.65. The maximum Gasteiger partial charge on any atom is 0.410 e. The lowest BCUT2D eigenvalue weighted by Crippen LogP contribution is -2.45. The molecule has 1 amide bonds. The summed E-state index contributed by atoms with van der Waals surface area (Å²) in [5.74, 6) is -0.0996. The van der Waals surface area contributed by atoms with E-state index >= 15 is 4.39 Å². The number of hydrogen-bond acceptors (Lipinski definition) is 8. The van der Waals surface area contributed by atoms with Crippen molar-refractivity contribution in [3.8, 4) is 6.01 Å². The molecule has 1 aromatic heterocycles. The Balaban J connectivity index is 1.64. The van der Waals surface area contributed by atoms with Crippen LogP contribution in [-0.2, 0) is 9.47 Å². The molecule has 12 heteroatoms. The molecule has 2 fully saturated rings. The largest absolute Gasteiger partial charge is 0.462 e. The summed E-state index contributed by atoms with van der Waals surface area (Å²) in [7, 11) is 5.60. The fraction of sp³-hybridized carbons (Fsp3) is 0.654. The lowest BCUT2D eigenvalue weighted by atomic mass is 10.1. The van der Waals surface area contributed by atoms with Crippen molar-refractivity contribution in [3.63, 3.8) is 0 Å². The molecule has 4 rings (SSSR count). The molecule has 0 spiro atoms. The van der Waals surface area contributed by atoms with Crippen molar-refractivity contribution < 1.29 is 23.4 Å². The molecule has 0 aliphatic carbocycles. The van der Waals surface area contributed by atoms with E-state index in [0.717, 1.165) is 13.0 Å². The number of anilines is 1. The highest BCUT2D eigenvalue weighted by Crippen LogP contribution is 2.38. The Morgan fingerprint density at radius 3 is 2.68 bits per heavy atom. The van der Waals surface area contributed by atoms with E-state index in [4.69, 9.17) is 30.8 Å². The highest BCUT2D eigenvalue weighted by molar-refractivity contribution is 9.10. The van der Waals surface area contributed by atoms with Gasteiger partial charge in [-0.1, -0.05) is 11.6 Å². The number of methoxy groups -OCH3 is 1. The van der Waals surface area contributed by atoms with Gasteiger partial charge in [0.15, 0.2) is 5.82 Å². The molecule has 0 radical (unpaired) electrons. The minimum Gasteiger partial charge on any atom is -0.462 e. The number of likely N-dealkylation sites (tertiary alicyclic amines) is 2. The number of halogens is 3. The van der Waals surface area contributed by atoms with E-state index in [1.807, 2.05) is 46.7 Å². The second-order valence-electron chi connectivity index (χ2n) is 11.1. The summed E-state index contributed by atoms with van der Waals surface area (Å²) in [5.41, 5.74) is -0.480. The Kier molecular flexibility index (Phi) is 8.61. The van der Waals surface area contributed by atoms with Crippen LogP contribution < -0.4 is 9.64 Å². The molecule has 2 aliphatic rings. The van der Waals surface area contributed by atoms with Crippen LogP contribution in [0.25, 0.3) is 10.9 Å². The van der Waals surface area contributed by atoms with Gasteiger partial charge >= 0.3 is 12.1 Å². The Hall–Kier alpha value is -1.95. The molecule has 1 aromatic carbocycles. The van der Waals surface area contributed by atoms with Crippen molar-refractivity contribution in [2.45, 2.75) is 70.4 Å². The highest BCUT2D eigenvalue weighted by Gasteiger charge is 2.39. The van der Waals surface area contributed by atoms with Crippen molar-refractivity contribution in [3.05, 3.63) is 21.4 Å². The third-order valence-electron chi connectivity index (χ3n) is 7.35. The molecule has 210 valence electrons. The lowest BCUT2D eigenvalue weighted by Gasteiger charge is -2.33. The lowest BCUT2D eigenvalue weighted by molar-refractivity contribution is 0.0233. The summed E-state index contributed by atoms with van der Waals surface area (Å²) in [5, 5.41) is 0.681. The molecule has 4 atom stereocenters. The standard InChI is InChI=1S/C26H36BrClFN5O4/c1-14-19(8-9-34(14)25(35)38-26(2,3)4)33(6)23-17-11-18(28)20(27)21(29)22(17)30-24(31-23)37-13-15-10-16(36-7)12-32(15)5/h11,14-16,19H,8-10,12-13H2,1-7H3/t14-,15+,16-,19-/m1/s1. The van der Waals surface area contributed by atoms with Gasteiger partial charge in [-0.3, -0.25) is 4.90 Å². The number of likely N-dealkylation sites (N-methyl/N-ethyl adjacent to an activating group) is 2.